The van der Waals surface area contributed by atoms with Crippen molar-refractivity contribution in [3.63, 3.8) is 0 Å². The van der Waals surface area contributed by atoms with Crippen LogP contribution in [0.5, 0.6) is 0 Å². The van der Waals surface area contributed by atoms with Gasteiger partial charge in [-0.05, 0) is 50.3 Å². The average molecular weight is 385 g/mol. The minimum atomic E-state index is -0.991. The van der Waals surface area contributed by atoms with E-state index in [2.05, 4.69) is 25.6 Å². The Morgan fingerprint density at radius 2 is 2.07 bits per heavy atom. The number of H-pyrrole nitrogens is 1. The van der Waals surface area contributed by atoms with Gasteiger partial charge in [0.25, 0.3) is 5.56 Å². The van der Waals surface area contributed by atoms with Crippen LogP contribution in [0.3, 0.4) is 0 Å². The van der Waals surface area contributed by atoms with Crippen LogP contribution in [0.25, 0.3) is 11.1 Å². The average Bonchev–Trinajstić information content (AvgIpc) is 2.67. The third-order valence-electron chi connectivity index (χ3n) is 5.84. The minimum Gasteiger partial charge on any atom is -0.379 e. The number of pyridine rings is 1. The second kappa shape index (κ2) is 6.85. The summed E-state index contributed by atoms with van der Waals surface area (Å²) in [6.07, 6.45) is 8.88. The molecule has 1 atom stereocenters. The summed E-state index contributed by atoms with van der Waals surface area (Å²) >= 11 is 0. The predicted molar refractivity (Wildman–Crippen MR) is 103 cm³/mol. The highest BCUT2D eigenvalue weighted by Gasteiger charge is 2.58. The number of alkyl halides is 1. The lowest BCUT2D eigenvalue weighted by molar-refractivity contribution is -0.0300. The largest absolute Gasteiger partial charge is 0.379 e. The highest BCUT2D eigenvalue weighted by molar-refractivity contribution is 5.60. The predicted octanol–water partition coefficient (Wildman–Crippen LogP) is 3.09. The molecule has 0 radical (unpaired) electrons. The molecule has 4 rings (SSSR count). The number of hydrogen-bond donors (Lipinski definition) is 3. The van der Waals surface area contributed by atoms with Crippen LogP contribution >= 0.6 is 0 Å². The smallest absolute Gasteiger partial charge is 0.255 e. The maximum Gasteiger partial charge on any atom is 0.255 e. The second-order valence-electron chi connectivity index (χ2n) is 7.49. The number of nitrogens with zero attached hydrogens (tertiary/aromatic N) is 2. The zero-order chi connectivity index (χ0) is 19.8. The summed E-state index contributed by atoms with van der Waals surface area (Å²) < 4.78 is 28.4. The third kappa shape index (κ3) is 2.98. The quantitative estimate of drug-likeness (QED) is 0.737. The standard InChI is InChI=1S/C20H21F2N5O/c1-19(16(22)5-3-7-27-19)20(8-14(21)9-20)12-26-18-24-10-13(11-25-18)15-4-2-6-23-17(15)28/h2-7,10-11,14,27H,8-9,12H2,1H3,(H,23,28)(H,24,25,26). The van der Waals surface area contributed by atoms with Gasteiger partial charge in [-0.1, -0.05) is 0 Å². The van der Waals surface area contributed by atoms with E-state index in [4.69, 9.17) is 0 Å². The zero-order valence-corrected chi connectivity index (χ0v) is 15.4. The van der Waals surface area contributed by atoms with E-state index in [1.807, 2.05) is 0 Å². The van der Waals surface area contributed by atoms with E-state index in [1.54, 1.807) is 49.9 Å². The van der Waals surface area contributed by atoms with Crippen molar-refractivity contribution in [2.24, 2.45) is 5.41 Å². The van der Waals surface area contributed by atoms with Crippen molar-refractivity contribution in [3.8, 4) is 11.1 Å². The summed E-state index contributed by atoms with van der Waals surface area (Å²) in [7, 11) is 0. The lowest BCUT2D eigenvalue weighted by Crippen LogP contribution is -2.64. The molecule has 1 aliphatic heterocycles. The molecule has 2 aromatic rings. The number of aromatic nitrogens is 3. The first kappa shape index (κ1) is 18.3. The fraction of sp³-hybridized carbons (Fsp3) is 0.350. The van der Waals surface area contributed by atoms with Gasteiger partial charge in [0.05, 0.1) is 11.1 Å². The van der Waals surface area contributed by atoms with Crippen LogP contribution in [-0.4, -0.2) is 33.2 Å². The van der Waals surface area contributed by atoms with Crippen LogP contribution in [0.1, 0.15) is 19.8 Å². The number of rotatable bonds is 5. The van der Waals surface area contributed by atoms with Crippen molar-refractivity contribution < 1.29 is 8.78 Å². The van der Waals surface area contributed by atoms with Crippen LogP contribution < -0.4 is 16.2 Å². The van der Waals surface area contributed by atoms with E-state index in [1.165, 1.54) is 6.08 Å². The fourth-order valence-electron chi connectivity index (χ4n) is 3.96. The van der Waals surface area contributed by atoms with Gasteiger partial charge >= 0.3 is 0 Å². The Balaban J connectivity index is 1.51. The Hall–Kier alpha value is -3.03. The monoisotopic (exact) mass is 385 g/mol. The second-order valence-corrected chi connectivity index (χ2v) is 7.49. The van der Waals surface area contributed by atoms with E-state index in [9.17, 15) is 13.6 Å². The first-order valence-electron chi connectivity index (χ1n) is 9.12. The Labute approximate surface area is 160 Å². The van der Waals surface area contributed by atoms with Crippen LogP contribution in [0.4, 0.5) is 14.7 Å². The Morgan fingerprint density at radius 3 is 2.71 bits per heavy atom. The van der Waals surface area contributed by atoms with Crippen molar-refractivity contribution in [2.45, 2.75) is 31.5 Å². The first-order chi connectivity index (χ1) is 13.4. The molecule has 1 fully saturated rings. The number of hydrogen-bond acceptors (Lipinski definition) is 5. The number of dihydropyridines is 1. The van der Waals surface area contributed by atoms with Crippen molar-refractivity contribution >= 4 is 5.95 Å². The van der Waals surface area contributed by atoms with Gasteiger partial charge in [0, 0.05) is 36.1 Å². The summed E-state index contributed by atoms with van der Waals surface area (Å²) in [5.74, 6) is 0.0281. The Bertz CT molecular complexity index is 979. The van der Waals surface area contributed by atoms with Gasteiger partial charge in [-0.25, -0.2) is 18.7 Å². The lowest BCUT2D eigenvalue weighted by atomic mass is 9.55. The van der Waals surface area contributed by atoms with Crippen LogP contribution in [0.15, 0.2) is 59.7 Å². The molecule has 1 saturated carbocycles. The van der Waals surface area contributed by atoms with Gasteiger partial charge < -0.3 is 15.6 Å². The summed E-state index contributed by atoms with van der Waals surface area (Å²) in [5.41, 5.74) is -0.788. The van der Waals surface area contributed by atoms with E-state index in [0.717, 1.165) is 0 Å². The normalized spacial score (nSPS) is 28.8. The molecule has 0 aromatic carbocycles. The van der Waals surface area contributed by atoms with E-state index in [0.29, 0.717) is 23.6 Å². The first-order valence-corrected chi connectivity index (χ1v) is 9.12. The van der Waals surface area contributed by atoms with Gasteiger partial charge in [0.1, 0.15) is 12.0 Å². The van der Waals surface area contributed by atoms with Crippen LogP contribution in [-0.2, 0) is 0 Å². The molecule has 28 heavy (non-hydrogen) atoms. The highest BCUT2D eigenvalue weighted by atomic mass is 19.1. The molecule has 0 bridgehead atoms. The maximum absolute atomic E-state index is 14.6. The van der Waals surface area contributed by atoms with Crippen molar-refractivity contribution in [3.05, 3.63) is 65.3 Å². The van der Waals surface area contributed by atoms with Crippen molar-refractivity contribution in [1.82, 2.24) is 20.3 Å². The van der Waals surface area contributed by atoms with E-state index < -0.39 is 17.1 Å². The molecule has 6 nitrogen and oxygen atoms in total. The molecule has 3 N–H and O–H groups in total. The molecule has 8 heteroatoms. The Morgan fingerprint density at radius 1 is 1.32 bits per heavy atom. The summed E-state index contributed by atoms with van der Waals surface area (Å²) in [6.45, 7) is 2.07. The molecule has 1 aliphatic carbocycles. The molecular formula is C20H21F2N5O. The molecule has 146 valence electrons. The Kier molecular flexibility index (Phi) is 4.49. The number of aromatic amines is 1. The van der Waals surface area contributed by atoms with Gasteiger partial charge in [-0.2, -0.15) is 0 Å². The number of allylic oxidation sites excluding steroid dienone is 2. The summed E-state index contributed by atoms with van der Waals surface area (Å²) in [4.78, 5) is 23.0. The number of nitrogens with one attached hydrogen (secondary N) is 3. The van der Waals surface area contributed by atoms with Crippen LogP contribution in [0, 0.1) is 5.41 Å². The van der Waals surface area contributed by atoms with Gasteiger partial charge in [-0.3, -0.25) is 4.79 Å². The molecule has 2 aliphatic rings. The third-order valence-corrected chi connectivity index (χ3v) is 5.84. The number of halogens is 2. The molecule has 1 unspecified atom stereocenters. The molecule has 0 spiro atoms. The SMILES string of the molecule is CC1(C2(CNc3ncc(-c4ccc[nH]c4=O)cn3)CC(F)C2)NC=CC=C1F. The summed E-state index contributed by atoms with van der Waals surface area (Å²) in [5, 5.41) is 6.18. The molecule has 3 heterocycles. The van der Waals surface area contributed by atoms with Crippen LogP contribution in [0.2, 0.25) is 0 Å². The molecular weight excluding hydrogens is 364 g/mol. The van der Waals surface area contributed by atoms with E-state index in [-0.39, 0.29) is 24.2 Å². The van der Waals surface area contributed by atoms with Gasteiger partial charge in [0.2, 0.25) is 5.95 Å². The molecule has 0 amide bonds. The summed E-state index contributed by atoms with van der Waals surface area (Å²) in [6, 6.07) is 3.42. The fourth-order valence-corrected chi connectivity index (χ4v) is 3.96. The van der Waals surface area contributed by atoms with E-state index >= 15 is 0 Å². The van der Waals surface area contributed by atoms with Gasteiger partial charge in [-0.15, -0.1) is 0 Å². The zero-order valence-electron chi connectivity index (χ0n) is 15.4. The molecule has 2 aromatic heterocycles. The minimum absolute atomic E-state index is 0.221. The number of anilines is 1. The highest BCUT2D eigenvalue weighted by Crippen LogP contribution is 2.54. The van der Waals surface area contributed by atoms with Crippen molar-refractivity contribution in [1.29, 1.82) is 0 Å². The van der Waals surface area contributed by atoms with Crippen molar-refractivity contribution in [2.75, 3.05) is 11.9 Å². The topological polar surface area (TPSA) is 82.7 Å². The maximum atomic E-state index is 14.6. The lowest BCUT2D eigenvalue weighted by Gasteiger charge is -2.55. The molecule has 0 saturated heterocycles. The van der Waals surface area contributed by atoms with Gasteiger partial charge in [0.15, 0.2) is 0 Å².